The molecule has 0 radical (unpaired) electrons. The Hall–Kier alpha value is -2.84. The molecule has 0 bridgehead atoms. The van der Waals surface area contributed by atoms with Crippen molar-refractivity contribution in [1.29, 1.82) is 0 Å². The van der Waals surface area contributed by atoms with E-state index in [-0.39, 0.29) is 23.1 Å². The first-order valence-electron chi connectivity index (χ1n) is 17.8. The number of aliphatic hydroxyl groups is 1. The first kappa shape index (κ1) is 35.0. The van der Waals surface area contributed by atoms with Crippen LogP contribution in [0.5, 0.6) is 0 Å². The van der Waals surface area contributed by atoms with Crippen molar-refractivity contribution in [1.82, 2.24) is 29.2 Å². The SMILES string of the molecule is CCCCN1C(=O)[C@@H](CC2(O)CCCCC2)NC(=O)C12CCN(Cc1c(C)nn(-c3ccc(S(=O)(=O)N4CCOCC4)cc3)c1C)CC2. The number of nitrogens with one attached hydrogen (secondary N) is 1. The minimum absolute atomic E-state index is 0.0489. The van der Waals surface area contributed by atoms with Gasteiger partial charge in [-0.15, -0.1) is 0 Å². The van der Waals surface area contributed by atoms with Crippen molar-refractivity contribution in [3.8, 4) is 5.69 Å². The molecule has 4 fully saturated rings. The van der Waals surface area contributed by atoms with Crippen molar-refractivity contribution in [3.05, 3.63) is 41.2 Å². The zero-order valence-corrected chi connectivity index (χ0v) is 29.6. The van der Waals surface area contributed by atoms with Crippen molar-refractivity contribution in [3.63, 3.8) is 0 Å². The average molecular weight is 685 g/mol. The van der Waals surface area contributed by atoms with Crippen molar-refractivity contribution in [2.24, 2.45) is 0 Å². The Bertz CT molecular complexity index is 1570. The number of hydrogen-bond acceptors (Lipinski definition) is 8. The van der Waals surface area contributed by atoms with Crippen molar-refractivity contribution >= 4 is 21.8 Å². The second-order valence-electron chi connectivity index (χ2n) is 14.2. The van der Waals surface area contributed by atoms with Crippen LogP contribution in [0.15, 0.2) is 29.2 Å². The van der Waals surface area contributed by atoms with Gasteiger partial charge in [0.2, 0.25) is 21.8 Å². The lowest BCUT2D eigenvalue weighted by Crippen LogP contribution is -2.73. The molecule has 1 aromatic heterocycles. The Balaban J connectivity index is 1.13. The summed E-state index contributed by atoms with van der Waals surface area (Å²) in [4.78, 5) is 32.3. The van der Waals surface area contributed by atoms with Gasteiger partial charge in [-0.25, -0.2) is 13.1 Å². The fraction of sp³-hybridized carbons (Fsp3) is 0.686. The zero-order chi connectivity index (χ0) is 34.1. The quantitative estimate of drug-likeness (QED) is 0.390. The lowest BCUT2D eigenvalue weighted by molar-refractivity contribution is -0.163. The molecule has 3 saturated heterocycles. The highest BCUT2D eigenvalue weighted by Crippen LogP contribution is 2.38. The highest BCUT2D eigenvalue weighted by Gasteiger charge is 2.54. The number of amides is 2. The fourth-order valence-electron chi connectivity index (χ4n) is 8.10. The number of sulfonamides is 1. The summed E-state index contributed by atoms with van der Waals surface area (Å²) >= 11 is 0. The third-order valence-corrected chi connectivity index (χ3v) is 13.0. The first-order valence-corrected chi connectivity index (χ1v) is 19.2. The molecule has 6 rings (SSSR count). The monoisotopic (exact) mass is 684 g/mol. The van der Waals surface area contributed by atoms with Crippen molar-refractivity contribution in [2.75, 3.05) is 45.9 Å². The number of nitrogens with zero attached hydrogens (tertiary/aromatic N) is 5. The number of benzene rings is 1. The summed E-state index contributed by atoms with van der Waals surface area (Å²) in [6, 6.07) is 6.20. The van der Waals surface area contributed by atoms with E-state index in [4.69, 9.17) is 9.84 Å². The van der Waals surface area contributed by atoms with Crippen LogP contribution in [0.25, 0.3) is 5.69 Å². The van der Waals surface area contributed by atoms with Crippen LogP contribution in [0.3, 0.4) is 0 Å². The summed E-state index contributed by atoms with van der Waals surface area (Å²) in [5, 5.41) is 19.1. The Morgan fingerprint density at radius 1 is 0.979 bits per heavy atom. The van der Waals surface area contributed by atoms with Crippen molar-refractivity contribution < 1.29 is 27.9 Å². The number of likely N-dealkylation sites (tertiary alicyclic amines) is 1. The van der Waals surface area contributed by atoms with Crippen LogP contribution < -0.4 is 5.32 Å². The molecule has 3 aliphatic heterocycles. The lowest BCUT2D eigenvalue weighted by atomic mass is 9.77. The first-order chi connectivity index (χ1) is 23.0. The average Bonchev–Trinajstić information content (AvgIpc) is 3.37. The van der Waals surface area contributed by atoms with E-state index in [1.165, 1.54) is 4.31 Å². The molecule has 1 aromatic carbocycles. The summed E-state index contributed by atoms with van der Waals surface area (Å²) in [6.45, 7) is 10.2. The van der Waals surface area contributed by atoms with Crippen LogP contribution in [0.1, 0.15) is 88.1 Å². The van der Waals surface area contributed by atoms with Gasteiger partial charge in [0.1, 0.15) is 11.6 Å². The maximum Gasteiger partial charge on any atom is 0.246 e. The third-order valence-electron chi connectivity index (χ3n) is 11.1. The van der Waals surface area contributed by atoms with E-state index in [0.29, 0.717) is 78.2 Å². The highest BCUT2D eigenvalue weighted by molar-refractivity contribution is 7.89. The summed E-state index contributed by atoms with van der Waals surface area (Å²) in [6.07, 6.45) is 7.52. The molecular formula is C35H52N6O6S. The van der Waals surface area contributed by atoms with Gasteiger partial charge in [0.05, 0.1) is 35.1 Å². The number of hydrogen-bond donors (Lipinski definition) is 2. The van der Waals surface area contributed by atoms with E-state index in [2.05, 4.69) is 17.1 Å². The zero-order valence-electron chi connectivity index (χ0n) is 28.7. The van der Waals surface area contributed by atoms with E-state index in [0.717, 1.165) is 54.7 Å². The number of carbonyl (C=O) groups excluding carboxylic acids is 2. The number of ether oxygens (including phenoxy) is 1. The topological polar surface area (TPSA) is 137 Å². The minimum Gasteiger partial charge on any atom is -0.390 e. The summed E-state index contributed by atoms with van der Waals surface area (Å²) in [5.41, 5.74) is 2.01. The molecular weight excluding hydrogens is 632 g/mol. The van der Waals surface area contributed by atoms with Crippen LogP contribution >= 0.6 is 0 Å². The van der Waals surface area contributed by atoms with Crippen molar-refractivity contribution in [2.45, 2.75) is 114 Å². The van der Waals surface area contributed by atoms with Crippen LogP contribution in [-0.4, -0.2) is 112 Å². The van der Waals surface area contributed by atoms with Gasteiger partial charge < -0.3 is 20.1 Å². The maximum absolute atomic E-state index is 14.0. The molecule has 2 amide bonds. The van der Waals surface area contributed by atoms with Gasteiger partial charge in [0.15, 0.2) is 0 Å². The van der Waals surface area contributed by atoms with E-state index >= 15 is 0 Å². The number of unbranched alkanes of at least 4 members (excludes halogenated alkanes) is 1. The Morgan fingerprint density at radius 3 is 2.29 bits per heavy atom. The summed E-state index contributed by atoms with van der Waals surface area (Å²) in [7, 11) is -3.58. The largest absolute Gasteiger partial charge is 0.390 e. The van der Waals surface area contributed by atoms with E-state index in [1.54, 1.807) is 24.3 Å². The molecule has 12 nitrogen and oxygen atoms in total. The van der Waals surface area contributed by atoms with Crippen LogP contribution in [0, 0.1) is 13.8 Å². The fourth-order valence-corrected chi connectivity index (χ4v) is 9.51. The number of morpholine rings is 1. The van der Waals surface area contributed by atoms with Gasteiger partial charge in [-0.1, -0.05) is 32.6 Å². The number of piperazine rings is 1. The molecule has 4 heterocycles. The van der Waals surface area contributed by atoms with Gasteiger partial charge in [-0.05, 0) is 70.2 Å². The third kappa shape index (κ3) is 6.81. The second kappa shape index (κ2) is 14.2. The molecule has 1 atom stereocenters. The van der Waals surface area contributed by atoms with E-state index in [9.17, 15) is 23.1 Å². The number of aryl methyl sites for hydroxylation is 1. The molecule has 48 heavy (non-hydrogen) atoms. The van der Waals surface area contributed by atoms with Gasteiger partial charge in [0, 0.05) is 56.9 Å². The number of carbonyl (C=O) groups is 2. The van der Waals surface area contributed by atoms with Gasteiger partial charge in [0.25, 0.3) is 0 Å². The summed E-state index contributed by atoms with van der Waals surface area (Å²) in [5.74, 6) is -0.131. The molecule has 264 valence electrons. The summed E-state index contributed by atoms with van der Waals surface area (Å²) < 4.78 is 34.8. The molecule has 0 unspecified atom stereocenters. The predicted octanol–water partition coefficient (Wildman–Crippen LogP) is 3.06. The van der Waals surface area contributed by atoms with Gasteiger partial charge in [-0.3, -0.25) is 14.5 Å². The predicted molar refractivity (Wildman–Crippen MR) is 181 cm³/mol. The number of aromatic nitrogens is 2. The van der Waals surface area contributed by atoms with E-state index in [1.807, 2.05) is 23.4 Å². The van der Waals surface area contributed by atoms with Gasteiger partial charge in [-0.2, -0.15) is 9.40 Å². The molecule has 13 heteroatoms. The molecule has 1 saturated carbocycles. The van der Waals surface area contributed by atoms with E-state index < -0.39 is 27.2 Å². The maximum atomic E-state index is 14.0. The molecule has 2 N–H and O–H groups in total. The Kier molecular flexibility index (Phi) is 10.3. The van der Waals surface area contributed by atoms with Gasteiger partial charge >= 0.3 is 0 Å². The molecule has 1 aliphatic carbocycles. The number of piperidine rings is 1. The normalized spacial score (nSPS) is 23.8. The highest BCUT2D eigenvalue weighted by atomic mass is 32.2. The molecule has 2 aromatic rings. The van der Waals surface area contributed by atoms with Crippen LogP contribution in [-0.2, 0) is 30.9 Å². The Labute approximate surface area is 284 Å². The lowest BCUT2D eigenvalue weighted by Gasteiger charge is -2.52. The molecule has 4 aliphatic rings. The standard InChI is InChI=1S/C35H52N6O6S/c1-4-5-17-40-32(42)31(24-34(44)13-7-6-8-14-34)36-33(43)35(40)15-18-38(19-16-35)25-30-26(2)37-41(27(30)3)28-9-11-29(12-10-28)48(45,46)39-20-22-47-23-21-39/h9-12,31,44H,4-8,13-25H2,1-3H3,(H,36,43)/t31-/m1/s1. The van der Waals surface area contributed by atoms with Crippen LogP contribution in [0.4, 0.5) is 0 Å². The van der Waals surface area contributed by atoms with Crippen LogP contribution in [0.2, 0.25) is 0 Å². The molecule has 1 spiro atoms. The number of rotatable bonds is 10. The Morgan fingerprint density at radius 2 is 1.65 bits per heavy atom. The second-order valence-corrected chi connectivity index (χ2v) is 16.2. The smallest absolute Gasteiger partial charge is 0.246 e. The minimum atomic E-state index is -3.58.